The van der Waals surface area contributed by atoms with Gasteiger partial charge in [0.1, 0.15) is 5.82 Å². The van der Waals surface area contributed by atoms with Crippen LogP contribution in [0.4, 0.5) is 0 Å². The van der Waals surface area contributed by atoms with Crippen LogP contribution in [0.1, 0.15) is 30.3 Å². The highest BCUT2D eigenvalue weighted by molar-refractivity contribution is 5.92. The first-order valence-electron chi connectivity index (χ1n) is 9.35. The zero-order chi connectivity index (χ0) is 19.5. The van der Waals surface area contributed by atoms with E-state index in [4.69, 9.17) is 9.47 Å². The minimum absolute atomic E-state index is 0.0160. The van der Waals surface area contributed by atoms with Crippen molar-refractivity contribution in [2.75, 3.05) is 20.8 Å². The predicted octanol–water partition coefficient (Wildman–Crippen LogP) is 3.96. The first-order valence-corrected chi connectivity index (χ1v) is 9.35. The SMILES string of the molecule is COc1ccc(C=CC(=O)N2CCCC2c2nc3ccccc3[nH]2)cc1OC. The number of carbonyl (C=O) groups excluding carboxylic acids is 1. The average Bonchev–Trinajstić information content (AvgIpc) is 3.38. The lowest BCUT2D eigenvalue weighted by Crippen LogP contribution is -2.29. The maximum Gasteiger partial charge on any atom is 0.247 e. The van der Waals surface area contributed by atoms with Crippen molar-refractivity contribution in [1.29, 1.82) is 0 Å². The molecule has 1 aromatic heterocycles. The average molecular weight is 377 g/mol. The summed E-state index contributed by atoms with van der Waals surface area (Å²) < 4.78 is 10.6. The molecular formula is C22H23N3O3. The number of hydrogen-bond acceptors (Lipinski definition) is 4. The van der Waals surface area contributed by atoms with Crippen molar-refractivity contribution in [1.82, 2.24) is 14.9 Å². The Hall–Kier alpha value is -3.28. The van der Waals surface area contributed by atoms with Gasteiger partial charge in [0.05, 0.1) is 31.3 Å². The van der Waals surface area contributed by atoms with Crippen molar-refractivity contribution < 1.29 is 14.3 Å². The van der Waals surface area contributed by atoms with E-state index in [2.05, 4.69) is 9.97 Å². The normalized spacial score (nSPS) is 16.8. The van der Waals surface area contributed by atoms with Crippen LogP contribution in [0.5, 0.6) is 11.5 Å². The number of ether oxygens (including phenoxy) is 2. The number of H-pyrrole nitrogens is 1. The summed E-state index contributed by atoms with van der Waals surface area (Å²) in [6, 6.07) is 13.5. The Morgan fingerprint density at radius 3 is 2.79 bits per heavy atom. The van der Waals surface area contributed by atoms with E-state index < -0.39 is 0 Å². The van der Waals surface area contributed by atoms with Crippen LogP contribution in [0.3, 0.4) is 0 Å². The third-order valence-electron chi connectivity index (χ3n) is 5.09. The minimum Gasteiger partial charge on any atom is -0.493 e. The van der Waals surface area contributed by atoms with Crippen molar-refractivity contribution in [3.8, 4) is 11.5 Å². The number of amides is 1. The third-order valence-corrected chi connectivity index (χ3v) is 5.09. The van der Waals surface area contributed by atoms with E-state index in [0.717, 1.165) is 41.8 Å². The van der Waals surface area contributed by atoms with Crippen molar-refractivity contribution >= 4 is 23.0 Å². The predicted molar refractivity (Wildman–Crippen MR) is 108 cm³/mol. The van der Waals surface area contributed by atoms with E-state index >= 15 is 0 Å². The molecule has 1 aliphatic rings. The molecule has 144 valence electrons. The maximum absolute atomic E-state index is 12.8. The molecule has 3 aromatic rings. The van der Waals surface area contributed by atoms with Gasteiger partial charge in [-0.25, -0.2) is 4.98 Å². The van der Waals surface area contributed by atoms with Gasteiger partial charge < -0.3 is 19.4 Å². The number of carbonyl (C=O) groups is 1. The molecule has 1 amide bonds. The van der Waals surface area contributed by atoms with Gasteiger partial charge in [-0.3, -0.25) is 4.79 Å². The highest BCUT2D eigenvalue weighted by atomic mass is 16.5. The van der Waals surface area contributed by atoms with Crippen molar-refractivity contribution in [3.63, 3.8) is 0 Å². The summed E-state index contributed by atoms with van der Waals surface area (Å²) >= 11 is 0. The number of aromatic nitrogens is 2. The molecule has 2 heterocycles. The van der Waals surface area contributed by atoms with Crippen LogP contribution < -0.4 is 9.47 Å². The molecule has 1 fully saturated rings. The summed E-state index contributed by atoms with van der Waals surface area (Å²) in [6.07, 6.45) is 5.30. The van der Waals surface area contributed by atoms with Crippen LogP contribution >= 0.6 is 0 Å². The largest absolute Gasteiger partial charge is 0.493 e. The number of nitrogens with one attached hydrogen (secondary N) is 1. The number of rotatable bonds is 5. The fraction of sp³-hybridized carbons (Fsp3) is 0.273. The first-order chi connectivity index (χ1) is 13.7. The molecule has 0 aliphatic carbocycles. The van der Waals surface area contributed by atoms with Gasteiger partial charge in [0.15, 0.2) is 11.5 Å². The van der Waals surface area contributed by atoms with E-state index in [1.165, 1.54) is 0 Å². The second kappa shape index (κ2) is 7.76. The topological polar surface area (TPSA) is 67.5 Å². The molecule has 1 aliphatic heterocycles. The van der Waals surface area contributed by atoms with E-state index in [9.17, 15) is 4.79 Å². The van der Waals surface area contributed by atoms with Gasteiger partial charge in [-0.15, -0.1) is 0 Å². The Bertz CT molecular complexity index is 992. The molecule has 28 heavy (non-hydrogen) atoms. The molecule has 1 N–H and O–H groups in total. The number of fused-ring (bicyclic) bond motifs is 1. The van der Waals surface area contributed by atoms with Gasteiger partial charge in [0, 0.05) is 12.6 Å². The van der Waals surface area contributed by atoms with Crippen LogP contribution in [0.25, 0.3) is 17.1 Å². The lowest BCUT2D eigenvalue weighted by Gasteiger charge is -2.21. The second-order valence-electron chi connectivity index (χ2n) is 6.78. The maximum atomic E-state index is 12.8. The lowest BCUT2D eigenvalue weighted by atomic mass is 10.1. The molecule has 0 saturated carbocycles. The van der Waals surface area contributed by atoms with Crippen molar-refractivity contribution in [2.45, 2.75) is 18.9 Å². The minimum atomic E-state index is -0.0186. The van der Waals surface area contributed by atoms with Gasteiger partial charge in [-0.1, -0.05) is 18.2 Å². The third kappa shape index (κ3) is 3.45. The summed E-state index contributed by atoms with van der Waals surface area (Å²) in [5, 5.41) is 0. The quantitative estimate of drug-likeness (QED) is 0.684. The fourth-order valence-electron chi connectivity index (χ4n) is 3.66. The van der Waals surface area contributed by atoms with Crippen LogP contribution in [-0.2, 0) is 4.79 Å². The highest BCUT2D eigenvalue weighted by Crippen LogP contribution is 2.32. The van der Waals surface area contributed by atoms with Crippen LogP contribution in [0, 0.1) is 0 Å². The van der Waals surface area contributed by atoms with Crippen LogP contribution in [0.15, 0.2) is 48.5 Å². The van der Waals surface area contributed by atoms with Gasteiger partial charge in [0.2, 0.25) is 5.91 Å². The zero-order valence-electron chi connectivity index (χ0n) is 16.0. The number of hydrogen-bond donors (Lipinski definition) is 1. The molecule has 2 aromatic carbocycles. The summed E-state index contributed by atoms with van der Waals surface area (Å²) in [4.78, 5) is 22.8. The molecule has 0 radical (unpaired) electrons. The Morgan fingerprint density at radius 2 is 2.00 bits per heavy atom. The monoisotopic (exact) mass is 377 g/mol. The number of nitrogens with zero attached hydrogens (tertiary/aromatic N) is 2. The summed E-state index contributed by atoms with van der Waals surface area (Å²) in [6.45, 7) is 0.733. The smallest absolute Gasteiger partial charge is 0.247 e. The summed E-state index contributed by atoms with van der Waals surface area (Å²) in [7, 11) is 3.20. The molecule has 6 nitrogen and oxygen atoms in total. The molecule has 4 rings (SSSR count). The molecule has 0 spiro atoms. The van der Waals surface area contributed by atoms with Gasteiger partial charge in [-0.2, -0.15) is 0 Å². The van der Waals surface area contributed by atoms with Crippen LogP contribution in [-0.4, -0.2) is 41.5 Å². The molecule has 1 atom stereocenters. The van der Waals surface area contributed by atoms with Crippen molar-refractivity contribution in [3.05, 3.63) is 59.9 Å². The van der Waals surface area contributed by atoms with E-state index in [-0.39, 0.29) is 11.9 Å². The Labute approximate surface area is 163 Å². The molecule has 0 bridgehead atoms. The number of methoxy groups -OCH3 is 2. The Kier molecular flexibility index (Phi) is 5.02. The van der Waals surface area contributed by atoms with Gasteiger partial charge in [-0.05, 0) is 48.7 Å². The van der Waals surface area contributed by atoms with E-state index in [0.29, 0.717) is 11.5 Å². The number of benzene rings is 2. The first kappa shape index (κ1) is 18.1. The number of likely N-dealkylation sites (tertiary alicyclic amines) is 1. The standard InChI is InChI=1S/C22H23N3O3/c1-27-19-11-9-15(14-20(19)28-2)10-12-21(26)25-13-5-8-18(25)22-23-16-6-3-4-7-17(16)24-22/h3-4,6-7,9-12,14,18H,5,8,13H2,1-2H3,(H,23,24). The molecular weight excluding hydrogens is 354 g/mol. The lowest BCUT2D eigenvalue weighted by molar-refractivity contribution is -0.126. The fourth-order valence-corrected chi connectivity index (χ4v) is 3.66. The number of para-hydroxylation sites is 2. The number of aromatic amines is 1. The molecule has 1 saturated heterocycles. The Morgan fingerprint density at radius 1 is 1.18 bits per heavy atom. The van der Waals surface area contributed by atoms with E-state index in [1.54, 1.807) is 26.4 Å². The molecule has 1 unspecified atom stereocenters. The zero-order valence-corrected chi connectivity index (χ0v) is 16.0. The van der Waals surface area contributed by atoms with Crippen LogP contribution in [0.2, 0.25) is 0 Å². The summed E-state index contributed by atoms with van der Waals surface area (Å²) in [5.41, 5.74) is 2.81. The van der Waals surface area contributed by atoms with Crippen molar-refractivity contribution in [2.24, 2.45) is 0 Å². The highest BCUT2D eigenvalue weighted by Gasteiger charge is 2.31. The summed E-state index contributed by atoms with van der Waals surface area (Å²) in [5.74, 6) is 2.14. The Balaban J connectivity index is 1.53. The second-order valence-corrected chi connectivity index (χ2v) is 6.78. The molecule has 6 heteroatoms. The van der Waals surface area contributed by atoms with Gasteiger partial charge in [0.25, 0.3) is 0 Å². The van der Waals surface area contributed by atoms with E-state index in [1.807, 2.05) is 47.4 Å². The number of imidazole rings is 1. The van der Waals surface area contributed by atoms with Gasteiger partial charge >= 0.3 is 0 Å².